The lowest BCUT2D eigenvalue weighted by Crippen LogP contribution is -2.04. The summed E-state index contributed by atoms with van der Waals surface area (Å²) < 4.78 is 3.37. The Morgan fingerprint density at radius 1 is 1.27 bits per heavy atom. The van der Waals surface area contributed by atoms with E-state index in [1.54, 1.807) is 0 Å². The van der Waals surface area contributed by atoms with E-state index < -0.39 is 5.97 Å². The summed E-state index contributed by atoms with van der Waals surface area (Å²) in [5.41, 5.74) is 4.80. The maximum Gasteiger partial charge on any atom is 0.306 e. The van der Waals surface area contributed by atoms with E-state index in [-0.39, 0.29) is 11.8 Å². The lowest BCUT2D eigenvalue weighted by atomic mass is 10.0. The van der Waals surface area contributed by atoms with E-state index in [0.29, 0.717) is 5.02 Å². The van der Waals surface area contributed by atoms with Crippen molar-refractivity contribution < 1.29 is 9.90 Å². The molecule has 26 heavy (non-hydrogen) atoms. The Kier molecular flexibility index (Phi) is 4.57. The van der Waals surface area contributed by atoms with Crippen LogP contribution in [0.25, 0.3) is 10.9 Å². The first-order valence-corrected chi connectivity index (χ1v) is 9.85. The normalized spacial score (nSPS) is 19.0. The summed E-state index contributed by atoms with van der Waals surface area (Å²) in [6, 6.07) is 14.3. The van der Waals surface area contributed by atoms with Crippen molar-refractivity contribution in [3.63, 3.8) is 0 Å². The van der Waals surface area contributed by atoms with Crippen LogP contribution in [0.5, 0.6) is 0 Å². The number of hydrogen-bond donors (Lipinski definition) is 1. The Bertz CT molecular complexity index is 993. The van der Waals surface area contributed by atoms with Crippen LogP contribution in [0.2, 0.25) is 5.02 Å². The molecule has 2 aromatic carbocycles. The molecule has 4 rings (SSSR count). The first-order chi connectivity index (χ1) is 12.4. The van der Waals surface area contributed by atoms with Gasteiger partial charge in [0.05, 0.1) is 5.92 Å². The zero-order valence-corrected chi connectivity index (χ0v) is 16.7. The molecular formula is C21H19BrClNO2. The standard InChI is InChI=1S/C21H19BrClNO2/c1-12-17(8-14-9-18(14)21(25)26)19-10-16(23)6-7-20(19)24(12)11-13-2-4-15(22)5-3-13/h2-7,10,14,18H,8-9,11H2,1H3,(H,25,26). The molecule has 5 heteroatoms. The number of nitrogens with zero attached hydrogens (tertiary/aromatic N) is 1. The summed E-state index contributed by atoms with van der Waals surface area (Å²) in [4.78, 5) is 11.2. The van der Waals surface area contributed by atoms with Gasteiger partial charge in [0.15, 0.2) is 0 Å². The van der Waals surface area contributed by atoms with Gasteiger partial charge in [0.2, 0.25) is 0 Å². The summed E-state index contributed by atoms with van der Waals surface area (Å²) in [7, 11) is 0. The van der Waals surface area contributed by atoms with Gasteiger partial charge >= 0.3 is 5.97 Å². The first-order valence-electron chi connectivity index (χ1n) is 8.68. The van der Waals surface area contributed by atoms with E-state index in [9.17, 15) is 9.90 Å². The Balaban J connectivity index is 1.74. The topological polar surface area (TPSA) is 42.2 Å². The van der Waals surface area contributed by atoms with Gasteiger partial charge in [0, 0.05) is 32.6 Å². The Hall–Kier alpha value is -1.78. The van der Waals surface area contributed by atoms with Crippen molar-refractivity contribution in [2.45, 2.75) is 26.3 Å². The fourth-order valence-electron chi connectivity index (χ4n) is 3.80. The average molecular weight is 433 g/mol. The van der Waals surface area contributed by atoms with Gasteiger partial charge < -0.3 is 9.67 Å². The van der Waals surface area contributed by atoms with Crippen molar-refractivity contribution in [3.05, 3.63) is 68.8 Å². The van der Waals surface area contributed by atoms with Gasteiger partial charge in [-0.2, -0.15) is 0 Å². The molecule has 0 bridgehead atoms. The van der Waals surface area contributed by atoms with Crippen molar-refractivity contribution in [2.24, 2.45) is 11.8 Å². The maximum atomic E-state index is 11.2. The first kappa shape index (κ1) is 17.6. The van der Waals surface area contributed by atoms with Crippen LogP contribution in [0.3, 0.4) is 0 Å². The highest BCUT2D eigenvalue weighted by atomic mass is 79.9. The smallest absolute Gasteiger partial charge is 0.306 e. The fourth-order valence-corrected chi connectivity index (χ4v) is 4.23. The molecule has 134 valence electrons. The van der Waals surface area contributed by atoms with Gasteiger partial charge in [-0.1, -0.05) is 39.7 Å². The number of fused-ring (bicyclic) bond motifs is 1. The zero-order chi connectivity index (χ0) is 18.4. The maximum absolute atomic E-state index is 11.2. The van der Waals surface area contributed by atoms with Crippen LogP contribution >= 0.6 is 27.5 Å². The minimum absolute atomic E-state index is 0.196. The zero-order valence-electron chi connectivity index (χ0n) is 14.4. The molecule has 3 aromatic rings. The van der Waals surface area contributed by atoms with Crippen molar-refractivity contribution in [3.8, 4) is 0 Å². The molecule has 3 nitrogen and oxygen atoms in total. The number of carbonyl (C=O) groups is 1. The summed E-state index contributed by atoms with van der Waals surface area (Å²) >= 11 is 9.73. The summed E-state index contributed by atoms with van der Waals surface area (Å²) in [6.45, 7) is 2.91. The number of aliphatic carboxylic acids is 1. The highest BCUT2D eigenvalue weighted by Gasteiger charge is 2.43. The Labute approximate surface area is 165 Å². The molecule has 1 aliphatic carbocycles. The predicted molar refractivity (Wildman–Crippen MR) is 108 cm³/mol. The second-order valence-electron chi connectivity index (χ2n) is 7.08. The number of rotatable bonds is 5. The number of benzene rings is 2. The minimum atomic E-state index is -0.677. The molecule has 1 aromatic heterocycles. The van der Waals surface area contributed by atoms with Crippen LogP contribution in [-0.2, 0) is 17.8 Å². The van der Waals surface area contributed by atoms with E-state index in [0.717, 1.165) is 34.8 Å². The fraction of sp³-hybridized carbons (Fsp3) is 0.286. The molecule has 1 fully saturated rings. The van der Waals surface area contributed by atoms with Gasteiger partial charge in [0.25, 0.3) is 0 Å². The largest absolute Gasteiger partial charge is 0.481 e. The molecule has 1 saturated carbocycles. The number of aromatic nitrogens is 1. The van der Waals surface area contributed by atoms with E-state index in [2.05, 4.69) is 57.8 Å². The highest BCUT2D eigenvalue weighted by molar-refractivity contribution is 9.10. The van der Waals surface area contributed by atoms with Crippen molar-refractivity contribution in [1.29, 1.82) is 0 Å². The number of carboxylic acids is 1. The molecule has 0 spiro atoms. The van der Waals surface area contributed by atoms with Crippen LogP contribution in [-0.4, -0.2) is 15.6 Å². The highest BCUT2D eigenvalue weighted by Crippen LogP contribution is 2.43. The van der Waals surface area contributed by atoms with Gasteiger partial charge in [-0.05, 0) is 67.1 Å². The molecule has 2 atom stereocenters. The lowest BCUT2D eigenvalue weighted by molar-refractivity contribution is -0.138. The van der Waals surface area contributed by atoms with Gasteiger partial charge in [-0.25, -0.2) is 0 Å². The number of hydrogen-bond acceptors (Lipinski definition) is 1. The monoisotopic (exact) mass is 431 g/mol. The molecule has 1 heterocycles. The van der Waals surface area contributed by atoms with Crippen LogP contribution in [0.1, 0.15) is 23.2 Å². The summed E-state index contributed by atoms with van der Waals surface area (Å²) in [6.07, 6.45) is 1.57. The van der Waals surface area contributed by atoms with E-state index in [1.807, 2.05) is 12.1 Å². The van der Waals surface area contributed by atoms with Crippen molar-refractivity contribution in [2.75, 3.05) is 0 Å². The average Bonchev–Trinajstić information content (AvgIpc) is 3.34. The second kappa shape index (κ2) is 6.75. The molecule has 0 saturated heterocycles. The van der Waals surface area contributed by atoms with E-state index in [4.69, 9.17) is 11.6 Å². The molecular weight excluding hydrogens is 414 g/mol. The van der Waals surface area contributed by atoms with Crippen LogP contribution in [0.15, 0.2) is 46.9 Å². The third kappa shape index (κ3) is 3.28. The molecule has 2 unspecified atom stereocenters. The summed E-state index contributed by atoms with van der Waals surface area (Å²) in [5.74, 6) is -0.639. The Morgan fingerprint density at radius 3 is 2.65 bits per heavy atom. The van der Waals surface area contributed by atoms with Crippen LogP contribution < -0.4 is 0 Å². The minimum Gasteiger partial charge on any atom is -0.481 e. The third-order valence-electron chi connectivity index (χ3n) is 5.38. The third-order valence-corrected chi connectivity index (χ3v) is 6.14. The quantitative estimate of drug-likeness (QED) is 0.564. The molecule has 1 N–H and O–H groups in total. The van der Waals surface area contributed by atoms with Gasteiger partial charge in [0.1, 0.15) is 0 Å². The van der Waals surface area contributed by atoms with E-state index in [1.165, 1.54) is 16.8 Å². The molecule has 0 radical (unpaired) electrons. The Morgan fingerprint density at radius 2 is 2.00 bits per heavy atom. The SMILES string of the molecule is Cc1c(CC2CC2C(=O)O)c2cc(Cl)ccc2n1Cc1ccc(Br)cc1. The molecule has 0 aliphatic heterocycles. The lowest BCUT2D eigenvalue weighted by Gasteiger charge is -2.09. The predicted octanol–water partition coefficient (Wildman–Crippen LogP) is 5.68. The van der Waals surface area contributed by atoms with Crippen LogP contribution in [0.4, 0.5) is 0 Å². The second-order valence-corrected chi connectivity index (χ2v) is 8.43. The molecule has 1 aliphatic rings. The van der Waals surface area contributed by atoms with Crippen molar-refractivity contribution >= 4 is 44.4 Å². The van der Waals surface area contributed by atoms with E-state index >= 15 is 0 Å². The summed E-state index contributed by atoms with van der Waals surface area (Å²) in [5, 5.41) is 11.1. The van der Waals surface area contributed by atoms with Gasteiger partial charge in [-0.15, -0.1) is 0 Å². The number of halogens is 2. The van der Waals surface area contributed by atoms with Gasteiger partial charge in [-0.3, -0.25) is 4.79 Å². The molecule has 0 amide bonds. The van der Waals surface area contributed by atoms with Crippen molar-refractivity contribution in [1.82, 2.24) is 4.57 Å². The van der Waals surface area contributed by atoms with Crippen LogP contribution in [0, 0.1) is 18.8 Å². The number of carboxylic acid groups (broad SMARTS) is 1.